The standard InChI is InChI=1S/C15H30O/c1-10-12(16)14(6,7)11(2)15(8,9)13(3,4)5/h11H,10H2,1-9H3. The Hall–Kier alpha value is -0.330. The molecule has 0 heterocycles. The van der Waals surface area contributed by atoms with Gasteiger partial charge in [-0.25, -0.2) is 0 Å². The van der Waals surface area contributed by atoms with Crippen LogP contribution in [0.2, 0.25) is 0 Å². The van der Waals surface area contributed by atoms with Crippen LogP contribution in [0.5, 0.6) is 0 Å². The molecule has 0 aromatic carbocycles. The molecule has 1 heteroatoms. The van der Waals surface area contributed by atoms with Crippen LogP contribution in [0.3, 0.4) is 0 Å². The van der Waals surface area contributed by atoms with Crippen molar-refractivity contribution in [2.75, 3.05) is 0 Å². The highest BCUT2D eigenvalue weighted by Crippen LogP contribution is 2.50. The zero-order valence-corrected chi connectivity index (χ0v) is 12.7. The van der Waals surface area contributed by atoms with Crippen molar-refractivity contribution in [2.45, 2.75) is 68.7 Å². The van der Waals surface area contributed by atoms with Gasteiger partial charge in [-0.1, -0.05) is 62.3 Å². The first-order chi connectivity index (χ1) is 6.89. The molecule has 0 saturated heterocycles. The van der Waals surface area contributed by atoms with Gasteiger partial charge in [0.05, 0.1) is 0 Å². The van der Waals surface area contributed by atoms with Gasteiger partial charge in [-0.15, -0.1) is 0 Å². The van der Waals surface area contributed by atoms with Crippen LogP contribution in [0.15, 0.2) is 0 Å². The Morgan fingerprint density at radius 3 is 1.62 bits per heavy atom. The van der Waals surface area contributed by atoms with E-state index >= 15 is 0 Å². The number of carbonyl (C=O) groups excluding carboxylic acids is 1. The molecule has 0 bridgehead atoms. The van der Waals surface area contributed by atoms with Crippen LogP contribution >= 0.6 is 0 Å². The Labute approximate surface area is 102 Å². The van der Waals surface area contributed by atoms with Gasteiger partial charge in [0.1, 0.15) is 5.78 Å². The van der Waals surface area contributed by atoms with Gasteiger partial charge in [0.15, 0.2) is 0 Å². The molecule has 1 nitrogen and oxygen atoms in total. The maximum absolute atomic E-state index is 12.0. The topological polar surface area (TPSA) is 17.1 Å². The van der Waals surface area contributed by atoms with Gasteiger partial charge in [0.2, 0.25) is 0 Å². The van der Waals surface area contributed by atoms with E-state index in [0.29, 0.717) is 18.1 Å². The fourth-order valence-corrected chi connectivity index (χ4v) is 2.25. The summed E-state index contributed by atoms with van der Waals surface area (Å²) in [7, 11) is 0. The van der Waals surface area contributed by atoms with Gasteiger partial charge in [-0.05, 0) is 16.7 Å². The number of ketones is 1. The fourth-order valence-electron chi connectivity index (χ4n) is 2.25. The van der Waals surface area contributed by atoms with Crippen molar-refractivity contribution in [3.8, 4) is 0 Å². The Morgan fingerprint density at radius 2 is 1.38 bits per heavy atom. The van der Waals surface area contributed by atoms with Gasteiger partial charge < -0.3 is 0 Å². The zero-order chi connectivity index (χ0) is 13.4. The maximum Gasteiger partial charge on any atom is 0.138 e. The molecule has 0 fully saturated rings. The van der Waals surface area contributed by atoms with E-state index in [0.717, 1.165) is 0 Å². The first kappa shape index (κ1) is 15.7. The van der Waals surface area contributed by atoms with Crippen molar-refractivity contribution in [1.29, 1.82) is 0 Å². The Balaban J connectivity index is 5.21. The second-order valence-corrected chi connectivity index (χ2v) is 7.19. The van der Waals surface area contributed by atoms with E-state index < -0.39 is 0 Å². The summed E-state index contributed by atoms with van der Waals surface area (Å²) in [5.74, 6) is 0.741. The highest BCUT2D eigenvalue weighted by Gasteiger charge is 2.46. The number of Topliss-reactive ketones (excluding diaryl/α,β-unsaturated/α-hetero) is 1. The molecule has 1 atom stereocenters. The Bertz CT molecular complexity index is 253. The average Bonchev–Trinajstić information content (AvgIpc) is 2.13. The molecule has 0 saturated carbocycles. The van der Waals surface area contributed by atoms with Crippen LogP contribution in [0.4, 0.5) is 0 Å². The maximum atomic E-state index is 12.0. The molecular weight excluding hydrogens is 196 g/mol. The SMILES string of the molecule is CCC(=O)C(C)(C)C(C)C(C)(C)C(C)(C)C. The summed E-state index contributed by atoms with van der Waals surface area (Å²) in [5.41, 5.74) is 0.116. The van der Waals surface area contributed by atoms with Crippen molar-refractivity contribution in [1.82, 2.24) is 0 Å². The van der Waals surface area contributed by atoms with E-state index in [9.17, 15) is 4.79 Å². The van der Waals surface area contributed by atoms with Crippen LogP contribution in [-0.4, -0.2) is 5.78 Å². The molecule has 0 amide bonds. The van der Waals surface area contributed by atoms with Gasteiger partial charge in [-0.2, -0.15) is 0 Å². The minimum Gasteiger partial charge on any atom is -0.299 e. The van der Waals surface area contributed by atoms with Crippen molar-refractivity contribution in [3.05, 3.63) is 0 Å². The molecule has 0 aliphatic rings. The summed E-state index contributed by atoms with van der Waals surface area (Å²) in [6.45, 7) is 19.7. The molecule has 0 rings (SSSR count). The highest BCUT2D eigenvalue weighted by atomic mass is 16.1. The van der Waals surface area contributed by atoms with Crippen molar-refractivity contribution < 1.29 is 4.79 Å². The third kappa shape index (κ3) is 2.67. The van der Waals surface area contributed by atoms with Crippen LogP contribution in [0, 0.1) is 22.2 Å². The fraction of sp³-hybridized carbons (Fsp3) is 0.933. The Kier molecular flexibility index (Phi) is 4.41. The predicted molar refractivity (Wildman–Crippen MR) is 71.5 cm³/mol. The predicted octanol–water partition coefficient (Wildman–Crippen LogP) is 4.70. The smallest absolute Gasteiger partial charge is 0.138 e. The van der Waals surface area contributed by atoms with E-state index in [4.69, 9.17) is 0 Å². The lowest BCUT2D eigenvalue weighted by atomic mass is 9.55. The second kappa shape index (κ2) is 4.50. The highest BCUT2D eigenvalue weighted by molar-refractivity contribution is 5.84. The van der Waals surface area contributed by atoms with Crippen molar-refractivity contribution in [3.63, 3.8) is 0 Å². The lowest BCUT2D eigenvalue weighted by Gasteiger charge is -2.49. The summed E-state index contributed by atoms with van der Waals surface area (Å²) < 4.78 is 0. The van der Waals surface area contributed by atoms with Gasteiger partial charge in [-0.3, -0.25) is 4.79 Å². The minimum absolute atomic E-state index is 0.140. The van der Waals surface area contributed by atoms with E-state index in [1.165, 1.54) is 0 Å². The molecular formula is C15H30O. The average molecular weight is 226 g/mol. The second-order valence-electron chi connectivity index (χ2n) is 7.19. The van der Waals surface area contributed by atoms with Crippen LogP contribution < -0.4 is 0 Å². The van der Waals surface area contributed by atoms with Gasteiger partial charge in [0, 0.05) is 11.8 Å². The molecule has 0 aliphatic heterocycles. The summed E-state index contributed by atoms with van der Waals surface area (Å²) in [4.78, 5) is 12.0. The largest absolute Gasteiger partial charge is 0.299 e. The lowest BCUT2D eigenvalue weighted by molar-refractivity contribution is -0.134. The molecule has 16 heavy (non-hydrogen) atoms. The van der Waals surface area contributed by atoms with E-state index in [1.54, 1.807) is 0 Å². The number of hydrogen-bond donors (Lipinski definition) is 0. The van der Waals surface area contributed by atoms with E-state index in [-0.39, 0.29) is 16.2 Å². The molecule has 0 spiro atoms. The van der Waals surface area contributed by atoms with Crippen LogP contribution in [0.1, 0.15) is 68.7 Å². The number of rotatable bonds is 4. The molecule has 0 aromatic heterocycles. The molecule has 0 radical (unpaired) electrons. The molecule has 0 aromatic rings. The van der Waals surface area contributed by atoms with Crippen molar-refractivity contribution >= 4 is 5.78 Å². The minimum atomic E-state index is -0.231. The monoisotopic (exact) mass is 226 g/mol. The normalized spacial score (nSPS) is 16.1. The first-order valence-electron chi connectivity index (χ1n) is 6.42. The summed E-state index contributed by atoms with van der Waals surface area (Å²) in [6.07, 6.45) is 0.636. The lowest BCUT2D eigenvalue weighted by Crippen LogP contribution is -2.45. The molecule has 1 unspecified atom stereocenters. The molecule has 0 N–H and O–H groups in total. The number of hydrogen-bond acceptors (Lipinski definition) is 1. The Morgan fingerprint density at radius 1 is 1.00 bits per heavy atom. The molecule has 0 aliphatic carbocycles. The third-order valence-electron chi connectivity index (χ3n) is 5.14. The van der Waals surface area contributed by atoms with Crippen LogP contribution in [0.25, 0.3) is 0 Å². The van der Waals surface area contributed by atoms with Gasteiger partial charge >= 0.3 is 0 Å². The van der Waals surface area contributed by atoms with Crippen LogP contribution in [-0.2, 0) is 4.79 Å². The van der Waals surface area contributed by atoms with E-state index in [2.05, 4.69) is 55.4 Å². The number of carbonyl (C=O) groups is 1. The van der Waals surface area contributed by atoms with Crippen molar-refractivity contribution in [2.24, 2.45) is 22.2 Å². The first-order valence-corrected chi connectivity index (χ1v) is 6.42. The quantitative estimate of drug-likeness (QED) is 0.679. The van der Waals surface area contributed by atoms with E-state index in [1.807, 2.05) is 6.92 Å². The third-order valence-corrected chi connectivity index (χ3v) is 5.14. The summed E-state index contributed by atoms with van der Waals surface area (Å²) >= 11 is 0. The summed E-state index contributed by atoms with van der Waals surface area (Å²) in [5, 5.41) is 0. The van der Waals surface area contributed by atoms with Gasteiger partial charge in [0.25, 0.3) is 0 Å². The molecule has 96 valence electrons. The zero-order valence-electron chi connectivity index (χ0n) is 12.7. The summed E-state index contributed by atoms with van der Waals surface area (Å²) in [6, 6.07) is 0.